The van der Waals surface area contributed by atoms with Crippen molar-refractivity contribution in [3.05, 3.63) is 58.3 Å². The highest BCUT2D eigenvalue weighted by molar-refractivity contribution is 7.07. The number of benzene rings is 1. The fourth-order valence-corrected chi connectivity index (χ4v) is 4.09. The summed E-state index contributed by atoms with van der Waals surface area (Å²) < 4.78 is 0. The summed E-state index contributed by atoms with van der Waals surface area (Å²) in [5.74, 6) is 5.94. The van der Waals surface area contributed by atoms with Gasteiger partial charge < -0.3 is 0 Å². The molecule has 0 bridgehead atoms. The number of nitrogens with one attached hydrogen (secondary N) is 1. The largest absolute Gasteiger partial charge is 0.271 e. The molecule has 21 heavy (non-hydrogen) atoms. The Morgan fingerprint density at radius 3 is 2.38 bits per heavy atom. The maximum Gasteiger partial charge on any atom is 0.0310 e. The first-order valence-electron chi connectivity index (χ1n) is 7.79. The lowest BCUT2D eigenvalue weighted by molar-refractivity contribution is 0.260. The Morgan fingerprint density at radius 1 is 1.14 bits per heavy atom. The Balaban J connectivity index is 2.21. The number of thiophene rings is 1. The Bertz CT molecular complexity index is 503. The van der Waals surface area contributed by atoms with Gasteiger partial charge >= 0.3 is 0 Å². The predicted octanol–water partition coefficient (Wildman–Crippen LogP) is 4.27. The van der Waals surface area contributed by atoms with Gasteiger partial charge in [0.2, 0.25) is 0 Å². The normalized spacial score (nSPS) is 13.3. The van der Waals surface area contributed by atoms with Crippen molar-refractivity contribution in [1.82, 2.24) is 5.43 Å². The van der Waals surface area contributed by atoms with Crippen LogP contribution in [0.25, 0.3) is 0 Å². The summed E-state index contributed by atoms with van der Waals surface area (Å²) >= 11 is 1.76. The molecule has 1 aromatic carbocycles. The number of hydrazine groups is 1. The van der Waals surface area contributed by atoms with Crippen LogP contribution in [0.4, 0.5) is 0 Å². The zero-order chi connectivity index (χ0) is 15.1. The van der Waals surface area contributed by atoms with E-state index < -0.39 is 0 Å². The average Bonchev–Trinajstić information content (AvgIpc) is 3.06. The SMILES string of the molecule is CCC(CC)(c1ccccc1)C(CCc1ccsc1)NN. The summed E-state index contributed by atoms with van der Waals surface area (Å²) in [7, 11) is 0. The fourth-order valence-electron chi connectivity index (χ4n) is 3.39. The molecule has 0 saturated carbocycles. The maximum atomic E-state index is 5.94. The molecule has 0 aliphatic heterocycles. The summed E-state index contributed by atoms with van der Waals surface area (Å²) in [6.07, 6.45) is 4.31. The molecule has 1 heterocycles. The van der Waals surface area contributed by atoms with Gasteiger partial charge in [-0.25, -0.2) is 0 Å². The van der Waals surface area contributed by atoms with Crippen LogP contribution in [-0.4, -0.2) is 6.04 Å². The minimum atomic E-state index is 0.103. The first kappa shape index (κ1) is 16.2. The van der Waals surface area contributed by atoms with Gasteiger partial charge in [0.15, 0.2) is 0 Å². The Morgan fingerprint density at radius 2 is 1.86 bits per heavy atom. The minimum absolute atomic E-state index is 0.103. The number of hydrogen-bond donors (Lipinski definition) is 2. The van der Waals surface area contributed by atoms with E-state index in [9.17, 15) is 0 Å². The van der Waals surface area contributed by atoms with Crippen LogP contribution in [0.1, 0.15) is 44.2 Å². The van der Waals surface area contributed by atoms with Gasteiger partial charge in [-0.05, 0) is 53.6 Å². The van der Waals surface area contributed by atoms with Crippen LogP contribution in [0.3, 0.4) is 0 Å². The van der Waals surface area contributed by atoms with Crippen molar-refractivity contribution >= 4 is 11.3 Å². The summed E-state index contributed by atoms with van der Waals surface area (Å²) in [5, 5.41) is 4.37. The van der Waals surface area contributed by atoms with E-state index in [1.807, 2.05) is 0 Å². The second-order valence-corrected chi connectivity index (χ2v) is 6.40. The van der Waals surface area contributed by atoms with E-state index in [4.69, 9.17) is 5.84 Å². The van der Waals surface area contributed by atoms with Crippen LogP contribution in [0.15, 0.2) is 47.2 Å². The van der Waals surface area contributed by atoms with E-state index in [1.54, 1.807) is 11.3 Å². The molecule has 1 atom stereocenters. The van der Waals surface area contributed by atoms with Crippen molar-refractivity contribution in [1.29, 1.82) is 0 Å². The standard InChI is InChI=1S/C18H26N2S/c1-3-18(4-2,16-8-6-5-7-9-16)17(20-19)11-10-15-12-13-21-14-15/h5-9,12-14,17,20H,3-4,10-11,19H2,1-2H3. The zero-order valence-corrected chi connectivity index (χ0v) is 13.8. The number of hydrogen-bond acceptors (Lipinski definition) is 3. The molecule has 0 saturated heterocycles. The van der Waals surface area contributed by atoms with Crippen LogP contribution < -0.4 is 11.3 Å². The Kier molecular flexibility index (Phi) is 5.97. The molecular formula is C18H26N2S. The first-order valence-corrected chi connectivity index (χ1v) is 8.73. The van der Waals surface area contributed by atoms with Gasteiger partial charge in [-0.15, -0.1) is 0 Å². The summed E-state index contributed by atoms with van der Waals surface area (Å²) in [6.45, 7) is 4.54. The molecule has 0 amide bonds. The van der Waals surface area contributed by atoms with Gasteiger partial charge in [-0.2, -0.15) is 11.3 Å². The van der Waals surface area contributed by atoms with E-state index in [0.717, 1.165) is 25.7 Å². The summed E-state index contributed by atoms with van der Waals surface area (Å²) in [6, 6.07) is 13.3. The van der Waals surface area contributed by atoms with E-state index >= 15 is 0 Å². The molecule has 2 rings (SSSR count). The lowest BCUT2D eigenvalue weighted by Crippen LogP contribution is -2.51. The topological polar surface area (TPSA) is 38.0 Å². The Hall–Kier alpha value is -1.16. The van der Waals surface area contributed by atoms with Gasteiger partial charge in [-0.3, -0.25) is 11.3 Å². The van der Waals surface area contributed by atoms with Crippen molar-refractivity contribution in [2.24, 2.45) is 5.84 Å². The number of rotatable bonds is 8. The third-order valence-corrected chi connectivity index (χ3v) is 5.51. The van der Waals surface area contributed by atoms with E-state index in [-0.39, 0.29) is 11.5 Å². The molecule has 1 unspecified atom stereocenters. The van der Waals surface area contributed by atoms with E-state index in [1.165, 1.54) is 11.1 Å². The highest BCUT2D eigenvalue weighted by Gasteiger charge is 2.36. The highest BCUT2D eigenvalue weighted by Crippen LogP contribution is 2.36. The molecule has 0 spiro atoms. The third-order valence-electron chi connectivity index (χ3n) is 4.78. The molecule has 2 aromatic rings. The zero-order valence-electron chi connectivity index (χ0n) is 13.0. The van der Waals surface area contributed by atoms with Crippen LogP contribution in [0.2, 0.25) is 0 Å². The molecule has 3 N–H and O–H groups in total. The van der Waals surface area contributed by atoms with Gasteiger partial charge in [0.25, 0.3) is 0 Å². The number of nitrogens with two attached hydrogens (primary N) is 1. The molecular weight excluding hydrogens is 276 g/mol. The molecule has 3 heteroatoms. The van der Waals surface area contributed by atoms with Crippen molar-refractivity contribution in [2.45, 2.75) is 51.0 Å². The van der Waals surface area contributed by atoms with Crippen molar-refractivity contribution < 1.29 is 0 Å². The lowest BCUT2D eigenvalue weighted by Gasteiger charge is -2.40. The molecule has 114 valence electrons. The number of aryl methyl sites for hydroxylation is 1. The van der Waals surface area contributed by atoms with Crippen molar-refractivity contribution in [3.63, 3.8) is 0 Å². The molecule has 0 aliphatic rings. The summed E-state index contributed by atoms with van der Waals surface area (Å²) in [4.78, 5) is 0. The molecule has 0 fully saturated rings. The summed E-state index contributed by atoms with van der Waals surface area (Å²) in [5.41, 5.74) is 6.02. The smallest absolute Gasteiger partial charge is 0.0310 e. The second-order valence-electron chi connectivity index (χ2n) is 5.62. The van der Waals surface area contributed by atoms with Gasteiger partial charge in [0, 0.05) is 11.5 Å². The van der Waals surface area contributed by atoms with Crippen LogP contribution in [0.5, 0.6) is 0 Å². The maximum absolute atomic E-state index is 5.94. The predicted molar refractivity (Wildman–Crippen MR) is 92.5 cm³/mol. The van der Waals surface area contributed by atoms with Gasteiger partial charge in [0.05, 0.1) is 0 Å². The third kappa shape index (κ3) is 3.54. The van der Waals surface area contributed by atoms with Crippen LogP contribution >= 0.6 is 11.3 Å². The van der Waals surface area contributed by atoms with Crippen LogP contribution in [0, 0.1) is 0 Å². The quantitative estimate of drug-likeness (QED) is 0.564. The fraction of sp³-hybridized carbons (Fsp3) is 0.444. The monoisotopic (exact) mass is 302 g/mol. The van der Waals surface area contributed by atoms with Gasteiger partial charge in [-0.1, -0.05) is 44.2 Å². The molecule has 0 radical (unpaired) electrons. The van der Waals surface area contributed by atoms with E-state index in [2.05, 4.69) is 66.4 Å². The average molecular weight is 302 g/mol. The molecule has 0 aliphatic carbocycles. The van der Waals surface area contributed by atoms with Crippen molar-refractivity contribution in [3.8, 4) is 0 Å². The van der Waals surface area contributed by atoms with Crippen LogP contribution in [-0.2, 0) is 11.8 Å². The highest BCUT2D eigenvalue weighted by atomic mass is 32.1. The minimum Gasteiger partial charge on any atom is -0.271 e. The van der Waals surface area contributed by atoms with Crippen molar-refractivity contribution in [2.75, 3.05) is 0 Å². The Labute approximate surface area is 132 Å². The molecule has 1 aromatic heterocycles. The van der Waals surface area contributed by atoms with E-state index in [0.29, 0.717) is 0 Å². The second kappa shape index (κ2) is 7.74. The van der Waals surface area contributed by atoms with Gasteiger partial charge in [0.1, 0.15) is 0 Å². The first-order chi connectivity index (χ1) is 10.3. The molecule has 2 nitrogen and oxygen atoms in total. The lowest BCUT2D eigenvalue weighted by atomic mass is 9.69.